The van der Waals surface area contributed by atoms with Crippen molar-refractivity contribution in [1.82, 2.24) is 0 Å². The van der Waals surface area contributed by atoms with Crippen LogP contribution in [0.5, 0.6) is 0 Å². The van der Waals surface area contributed by atoms with E-state index < -0.39 is 0 Å². The SMILES string of the molecule is CC(=O)O[C@@H]1CC[C@@H]2[C@@H]3CC[C@H]4CC(=O)C=C[C@]4(C)[C@@H]3CC[C@@]21C. The molecule has 0 bridgehead atoms. The number of carbonyl (C=O) groups excluding carboxylic acids is 2. The van der Waals surface area contributed by atoms with Crippen LogP contribution in [0.3, 0.4) is 0 Å². The average Bonchev–Trinajstić information content (AvgIpc) is 2.84. The zero-order valence-corrected chi connectivity index (χ0v) is 15.2. The lowest BCUT2D eigenvalue weighted by molar-refractivity contribution is -0.158. The molecule has 0 amide bonds. The maximum absolute atomic E-state index is 11.9. The summed E-state index contributed by atoms with van der Waals surface area (Å²) in [6, 6.07) is 0. The van der Waals surface area contributed by atoms with Gasteiger partial charge in [-0.1, -0.05) is 19.9 Å². The molecule has 0 spiro atoms. The number of ether oxygens (including phenoxy) is 1. The average molecular weight is 330 g/mol. The largest absolute Gasteiger partial charge is 0.462 e. The summed E-state index contributed by atoms with van der Waals surface area (Å²) in [5.74, 6) is 2.80. The Morgan fingerprint density at radius 1 is 1.12 bits per heavy atom. The lowest BCUT2D eigenvalue weighted by Gasteiger charge is -2.58. The van der Waals surface area contributed by atoms with Crippen LogP contribution < -0.4 is 0 Å². The van der Waals surface area contributed by atoms with Gasteiger partial charge in [-0.2, -0.15) is 0 Å². The normalized spacial score (nSPS) is 50.0. The zero-order valence-electron chi connectivity index (χ0n) is 15.2. The Hall–Kier alpha value is -1.12. The molecule has 3 fully saturated rings. The zero-order chi connectivity index (χ0) is 17.1. The molecule has 0 saturated heterocycles. The number of fused-ring (bicyclic) bond motifs is 5. The quantitative estimate of drug-likeness (QED) is 0.673. The number of carbonyl (C=O) groups is 2. The van der Waals surface area contributed by atoms with E-state index in [0.717, 1.165) is 25.2 Å². The van der Waals surface area contributed by atoms with E-state index >= 15 is 0 Å². The van der Waals surface area contributed by atoms with Gasteiger partial charge >= 0.3 is 5.97 Å². The predicted octanol–water partition coefficient (Wildman–Crippen LogP) is 4.31. The number of rotatable bonds is 1. The maximum Gasteiger partial charge on any atom is 0.302 e. The molecule has 0 aromatic rings. The van der Waals surface area contributed by atoms with E-state index in [0.29, 0.717) is 23.5 Å². The minimum atomic E-state index is -0.131. The molecule has 4 aliphatic rings. The fourth-order valence-electron chi connectivity index (χ4n) is 6.98. The monoisotopic (exact) mass is 330 g/mol. The minimum Gasteiger partial charge on any atom is -0.462 e. The Labute approximate surface area is 145 Å². The van der Waals surface area contributed by atoms with Crippen molar-refractivity contribution in [2.45, 2.75) is 71.8 Å². The first-order valence-electron chi connectivity index (χ1n) is 9.74. The summed E-state index contributed by atoms with van der Waals surface area (Å²) in [6.07, 6.45) is 12.0. The molecule has 0 unspecified atom stereocenters. The van der Waals surface area contributed by atoms with Crippen molar-refractivity contribution < 1.29 is 14.3 Å². The minimum absolute atomic E-state index is 0.106. The molecular weight excluding hydrogens is 300 g/mol. The van der Waals surface area contributed by atoms with Gasteiger partial charge in [-0.05, 0) is 73.7 Å². The number of allylic oxidation sites excluding steroid dienone is 2. The molecule has 3 heteroatoms. The van der Waals surface area contributed by atoms with E-state index in [1.165, 1.54) is 25.7 Å². The van der Waals surface area contributed by atoms with Gasteiger partial charge in [-0.25, -0.2) is 0 Å². The highest BCUT2D eigenvalue weighted by molar-refractivity contribution is 5.91. The fourth-order valence-corrected chi connectivity index (χ4v) is 6.98. The van der Waals surface area contributed by atoms with Crippen molar-refractivity contribution >= 4 is 11.8 Å². The maximum atomic E-state index is 11.9. The van der Waals surface area contributed by atoms with Crippen molar-refractivity contribution in [3.8, 4) is 0 Å². The van der Waals surface area contributed by atoms with Gasteiger partial charge in [0.15, 0.2) is 5.78 Å². The van der Waals surface area contributed by atoms with E-state index in [4.69, 9.17) is 4.74 Å². The second kappa shape index (κ2) is 5.44. The van der Waals surface area contributed by atoms with Crippen LogP contribution in [-0.2, 0) is 14.3 Å². The van der Waals surface area contributed by atoms with Gasteiger partial charge in [0, 0.05) is 18.8 Å². The highest BCUT2D eigenvalue weighted by Crippen LogP contribution is 2.65. The second-order valence-electron chi connectivity index (χ2n) is 9.24. The molecular formula is C21H30O3. The van der Waals surface area contributed by atoms with Crippen molar-refractivity contribution in [1.29, 1.82) is 0 Å². The summed E-state index contributed by atoms with van der Waals surface area (Å²) < 4.78 is 5.71. The Balaban J connectivity index is 1.62. The van der Waals surface area contributed by atoms with Crippen LogP contribution in [0.4, 0.5) is 0 Å². The summed E-state index contributed by atoms with van der Waals surface area (Å²) in [6.45, 7) is 6.31. The number of esters is 1. The first-order valence-corrected chi connectivity index (χ1v) is 9.74. The van der Waals surface area contributed by atoms with E-state index in [9.17, 15) is 9.59 Å². The molecule has 0 aromatic heterocycles. The van der Waals surface area contributed by atoms with Gasteiger partial charge in [-0.3, -0.25) is 9.59 Å². The molecule has 4 rings (SSSR count). The molecule has 0 radical (unpaired) electrons. The van der Waals surface area contributed by atoms with Crippen LogP contribution in [-0.4, -0.2) is 17.9 Å². The predicted molar refractivity (Wildman–Crippen MR) is 92.2 cm³/mol. The van der Waals surface area contributed by atoms with Gasteiger partial charge in [0.1, 0.15) is 6.10 Å². The van der Waals surface area contributed by atoms with E-state index in [-0.39, 0.29) is 22.9 Å². The highest BCUT2D eigenvalue weighted by Gasteiger charge is 2.60. The molecule has 7 atom stereocenters. The summed E-state index contributed by atoms with van der Waals surface area (Å²) >= 11 is 0. The third kappa shape index (κ3) is 2.23. The standard InChI is InChI=1S/C21H30O3/c1-13(22)24-19-7-6-17-16-5-4-14-12-15(23)8-10-20(14,2)18(16)9-11-21(17,19)3/h8,10,14,16-19H,4-7,9,11-12H2,1-3H3/t14-,16-,17+,18+,19+,20-,21-/m0/s1. The van der Waals surface area contributed by atoms with Crippen LogP contribution in [0, 0.1) is 34.5 Å². The Kier molecular flexibility index (Phi) is 3.71. The van der Waals surface area contributed by atoms with Crippen molar-refractivity contribution in [3.05, 3.63) is 12.2 Å². The van der Waals surface area contributed by atoms with Gasteiger partial charge in [0.2, 0.25) is 0 Å². The lowest BCUT2D eigenvalue weighted by atomic mass is 9.46. The fraction of sp³-hybridized carbons (Fsp3) is 0.810. The van der Waals surface area contributed by atoms with E-state index in [1.807, 2.05) is 6.08 Å². The van der Waals surface area contributed by atoms with Gasteiger partial charge in [-0.15, -0.1) is 0 Å². The van der Waals surface area contributed by atoms with Crippen LogP contribution in [0.2, 0.25) is 0 Å². The van der Waals surface area contributed by atoms with Crippen molar-refractivity contribution in [2.75, 3.05) is 0 Å². The second-order valence-corrected chi connectivity index (χ2v) is 9.24. The van der Waals surface area contributed by atoms with Crippen LogP contribution in [0.15, 0.2) is 12.2 Å². The molecule has 0 N–H and O–H groups in total. The number of hydrogen-bond donors (Lipinski definition) is 0. The number of hydrogen-bond acceptors (Lipinski definition) is 3. The smallest absolute Gasteiger partial charge is 0.302 e. The molecule has 3 saturated carbocycles. The Bertz CT molecular complexity index is 594. The summed E-state index contributed by atoms with van der Waals surface area (Å²) in [4.78, 5) is 23.4. The topological polar surface area (TPSA) is 43.4 Å². The van der Waals surface area contributed by atoms with E-state index in [2.05, 4.69) is 19.9 Å². The summed E-state index contributed by atoms with van der Waals surface area (Å²) in [5, 5.41) is 0. The van der Waals surface area contributed by atoms with Crippen LogP contribution >= 0.6 is 0 Å². The summed E-state index contributed by atoms with van der Waals surface area (Å²) in [7, 11) is 0. The van der Waals surface area contributed by atoms with E-state index in [1.54, 1.807) is 6.92 Å². The molecule has 3 nitrogen and oxygen atoms in total. The molecule has 132 valence electrons. The third-order valence-corrected chi connectivity index (χ3v) is 8.26. The first-order chi connectivity index (χ1) is 11.3. The Morgan fingerprint density at radius 3 is 2.67 bits per heavy atom. The molecule has 0 aromatic carbocycles. The van der Waals surface area contributed by atoms with Gasteiger partial charge < -0.3 is 4.74 Å². The van der Waals surface area contributed by atoms with Gasteiger partial charge in [0.25, 0.3) is 0 Å². The molecule has 0 heterocycles. The third-order valence-electron chi connectivity index (χ3n) is 8.26. The van der Waals surface area contributed by atoms with Gasteiger partial charge in [0.05, 0.1) is 0 Å². The number of ketones is 1. The first kappa shape index (κ1) is 16.4. The molecule has 4 aliphatic carbocycles. The van der Waals surface area contributed by atoms with Crippen molar-refractivity contribution in [3.63, 3.8) is 0 Å². The Morgan fingerprint density at radius 2 is 1.92 bits per heavy atom. The molecule has 24 heavy (non-hydrogen) atoms. The summed E-state index contributed by atoms with van der Waals surface area (Å²) in [5.41, 5.74) is 0.349. The molecule has 0 aliphatic heterocycles. The highest BCUT2D eigenvalue weighted by atomic mass is 16.5. The van der Waals surface area contributed by atoms with Crippen LogP contribution in [0.1, 0.15) is 65.7 Å². The van der Waals surface area contributed by atoms with Crippen molar-refractivity contribution in [2.24, 2.45) is 34.5 Å². The lowest BCUT2D eigenvalue weighted by Crippen LogP contribution is -2.53. The van der Waals surface area contributed by atoms with Crippen LogP contribution in [0.25, 0.3) is 0 Å².